The van der Waals surface area contributed by atoms with Gasteiger partial charge in [0.05, 0.1) is 5.56 Å². The van der Waals surface area contributed by atoms with Crippen molar-refractivity contribution < 1.29 is 4.39 Å². The molecule has 0 saturated heterocycles. The first-order chi connectivity index (χ1) is 12.3. The Kier molecular flexibility index (Phi) is 4.95. The number of thioether (sulfide) groups is 1. The van der Waals surface area contributed by atoms with Crippen molar-refractivity contribution >= 4 is 22.8 Å². The van der Waals surface area contributed by atoms with E-state index in [1.165, 1.54) is 29.4 Å². The molecule has 0 amide bonds. The van der Waals surface area contributed by atoms with E-state index in [9.17, 15) is 14.0 Å². The Morgan fingerprint density at radius 3 is 2.50 bits per heavy atom. The van der Waals surface area contributed by atoms with Crippen molar-refractivity contribution in [2.75, 3.05) is 0 Å². The second kappa shape index (κ2) is 7.03. The third-order valence-corrected chi connectivity index (χ3v) is 5.52. The van der Waals surface area contributed by atoms with E-state index in [0.717, 1.165) is 11.0 Å². The summed E-state index contributed by atoms with van der Waals surface area (Å²) in [4.78, 5) is 33.8. The molecule has 0 radical (unpaired) electrons. The molecular formula is C18H19FN4O2S. The molecule has 2 heterocycles. The molecule has 8 heteroatoms. The molecule has 0 fully saturated rings. The van der Waals surface area contributed by atoms with Gasteiger partial charge in [-0.3, -0.25) is 13.9 Å². The Morgan fingerprint density at radius 2 is 1.85 bits per heavy atom. The highest BCUT2D eigenvalue weighted by atomic mass is 32.2. The molecule has 2 aromatic heterocycles. The molecule has 0 aliphatic heterocycles. The zero-order valence-corrected chi connectivity index (χ0v) is 15.8. The minimum absolute atomic E-state index is 0.157. The molecule has 0 aliphatic carbocycles. The number of fused-ring (bicyclic) bond motifs is 1. The van der Waals surface area contributed by atoms with E-state index in [1.807, 2.05) is 13.8 Å². The summed E-state index contributed by atoms with van der Waals surface area (Å²) in [5, 5.41) is 0.933. The maximum absolute atomic E-state index is 14.2. The Balaban J connectivity index is 2.42. The van der Waals surface area contributed by atoms with E-state index in [2.05, 4.69) is 9.97 Å². The number of benzene rings is 1. The minimum atomic E-state index is -0.486. The molecule has 0 unspecified atom stereocenters. The predicted octanol–water partition coefficient (Wildman–Crippen LogP) is 2.72. The molecule has 0 spiro atoms. The summed E-state index contributed by atoms with van der Waals surface area (Å²) in [6, 6.07) is 6.18. The van der Waals surface area contributed by atoms with Gasteiger partial charge in [-0.05, 0) is 18.6 Å². The van der Waals surface area contributed by atoms with Crippen LogP contribution in [0.25, 0.3) is 22.4 Å². The van der Waals surface area contributed by atoms with Crippen LogP contribution in [0.2, 0.25) is 0 Å². The van der Waals surface area contributed by atoms with Gasteiger partial charge in [0.1, 0.15) is 16.2 Å². The molecular weight excluding hydrogens is 355 g/mol. The maximum atomic E-state index is 14.2. The Morgan fingerprint density at radius 1 is 1.15 bits per heavy atom. The van der Waals surface area contributed by atoms with Gasteiger partial charge in [0.15, 0.2) is 11.5 Å². The van der Waals surface area contributed by atoms with Crippen molar-refractivity contribution in [2.45, 2.75) is 30.5 Å². The second-order valence-corrected chi connectivity index (χ2v) is 7.50. The fourth-order valence-electron chi connectivity index (χ4n) is 2.55. The van der Waals surface area contributed by atoms with Crippen molar-refractivity contribution in [1.29, 1.82) is 0 Å². The molecule has 1 aromatic carbocycles. The van der Waals surface area contributed by atoms with Gasteiger partial charge in [-0.1, -0.05) is 26.0 Å². The van der Waals surface area contributed by atoms with Crippen molar-refractivity contribution in [1.82, 2.24) is 19.1 Å². The van der Waals surface area contributed by atoms with Crippen LogP contribution in [0.5, 0.6) is 0 Å². The minimum Gasteiger partial charge on any atom is -0.280 e. The zero-order valence-electron chi connectivity index (χ0n) is 15.0. The van der Waals surface area contributed by atoms with Gasteiger partial charge < -0.3 is 0 Å². The normalized spacial score (nSPS) is 12.5. The first-order valence-corrected chi connectivity index (χ1v) is 9.12. The number of hydrogen-bond donors (Lipinski definition) is 0. The van der Waals surface area contributed by atoms with Crippen LogP contribution >= 0.6 is 11.8 Å². The average molecular weight is 374 g/mol. The lowest BCUT2D eigenvalue weighted by Crippen LogP contribution is -2.37. The highest BCUT2D eigenvalue weighted by Gasteiger charge is 2.20. The number of hydrogen-bond acceptors (Lipinski definition) is 5. The highest BCUT2D eigenvalue weighted by Crippen LogP contribution is 2.30. The third-order valence-electron chi connectivity index (χ3n) is 4.27. The number of halogens is 1. The quantitative estimate of drug-likeness (QED) is 0.519. The first kappa shape index (κ1) is 18.3. The van der Waals surface area contributed by atoms with Gasteiger partial charge in [-0.2, -0.15) is 0 Å². The molecule has 0 aliphatic rings. The second-order valence-electron chi connectivity index (χ2n) is 6.07. The Bertz CT molecular complexity index is 1110. The van der Waals surface area contributed by atoms with E-state index in [4.69, 9.17) is 0 Å². The smallest absolute Gasteiger partial charge is 0.280 e. The van der Waals surface area contributed by atoms with Crippen LogP contribution < -0.4 is 11.2 Å². The first-order valence-electron chi connectivity index (χ1n) is 8.24. The lowest BCUT2D eigenvalue weighted by atomic mass is 10.2. The Labute approximate surface area is 153 Å². The number of nitrogens with zero attached hydrogens (tertiary/aromatic N) is 4. The largest absolute Gasteiger partial charge is 0.332 e. The molecule has 136 valence electrons. The van der Waals surface area contributed by atoms with E-state index < -0.39 is 17.1 Å². The van der Waals surface area contributed by atoms with Crippen LogP contribution in [0, 0.1) is 5.82 Å². The van der Waals surface area contributed by atoms with Crippen molar-refractivity contribution in [3.05, 3.63) is 50.9 Å². The summed E-state index contributed by atoms with van der Waals surface area (Å²) in [6.07, 6.45) is 0.872. The maximum Gasteiger partial charge on any atom is 0.332 e. The SMILES string of the molecule is CC[C@H](C)Sc1nc(-c2ccccc2F)nc2c1c(=O)n(C)c(=O)n2C. The predicted molar refractivity (Wildman–Crippen MR) is 101 cm³/mol. The molecule has 26 heavy (non-hydrogen) atoms. The monoisotopic (exact) mass is 374 g/mol. The molecule has 0 N–H and O–H groups in total. The third kappa shape index (κ3) is 3.05. The van der Waals surface area contributed by atoms with Crippen LogP contribution in [-0.2, 0) is 14.1 Å². The van der Waals surface area contributed by atoms with E-state index >= 15 is 0 Å². The molecule has 0 saturated carbocycles. The summed E-state index contributed by atoms with van der Waals surface area (Å²) in [6.45, 7) is 4.06. The van der Waals surface area contributed by atoms with Crippen LogP contribution in [0.4, 0.5) is 4.39 Å². The topological polar surface area (TPSA) is 69.8 Å². The van der Waals surface area contributed by atoms with Crippen LogP contribution in [0.15, 0.2) is 38.9 Å². The van der Waals surface area contributed by atoms with E-state index in [-0.39, 0.29) is 27.7 Å². The summed E-state index contributed by atoms with van der Waals surface area (Å²) in [5.41, 5.74) is -0.500. The van der Waals surface area contributed by atoms with Crippen molar-refractivity contribution in [2.24, 2.45) is 14.1 Å². The number of rotatable bonds is 4. The fourth-order valence-corrected chi connectivity index (χ4v) is 3.53. The molecule has 3 rings (SSSR count). The van der Waals surface area contributed by atoms with Gasteiger partial charge in [0.2, 0.25) is 0 Å². The van der Waals surface area contributed by atoms with Gasteiger partial charge >= 0.3 is 5.69 Å². The lowest BCUT2D eigenvalue weighted by molar-refractivity contribution is 0.629. The molecule has 0 bridgehead atoms. The Hall–Kier alpha value is -2.48. The molecule has 3 aromatic rings. The zero-order chi connectivity index (χ0) is 19.0. The van der Waals surface area contributed by atoms with Gasteiger partial charge in [-0.25, -0.2) is 19.2 Å². The van der Waals surface area contributed by atoms with E-state index in [1.54, 1.807) is 25.2 Å². The van der Waals surface area contributed by atoms with Gasteiger partial charge in [0, 0.05) is 19.3 Å². The van der Waals surface area contributed by atoms with E-state index in [0.29, 0.717) is 5.03 Å². The summed E-state index contributed by atoms with van der Waals surface area (Å²) >= 11 is 1.42. The van der Waals surface area contributed by atoms with Crippen LogP contribution in [0.1, 0.15) is 20.3 Å². The lowest BCUT2D eigenvalue weighted by Gasteiger charge is -2.14. The highest BCUT2D eigenvalue weighted by molar-refractivity contribution is 8.00. The summed E-state index contributed by atoms with van der Waals surface area (Å²) in [7, 11) is 2.96. The molecule has 1 atom stereocenters. The fraction of sp³-hybridized carbons (Fsp3) is 0.333. The van der Waals surface area contributed by atoms with Gasteiger partial charge in [-0.15, -0.1) is 11.8 Å². The standard InChI is InChI=1S/C18H19FN4O2S/c1-5-10(2)26-16-13-15(22(3)18(25)23(4)17(13)24)20-14(21-16)11-8-6-7-9-12(11)19/h6-10H,5H2,1-4H3/t10-/m0/s1. The van der Waals surface area contributed by atoms with Gasteiger partial charge in [0.25, 0.3) is 5.56 Å². The average Bonchev–Trinajstić information content (AvgIpc) is 2.64. The number of aromatic nitrogens is 4. The van der Waals surface area contributed by atoms with Crippen LogP contribution in [-0.4, -0.2) is 24.4 Å². The number of aryl methyl sites for hydroxylation is 1. The summed E-state index contributed by atoms with van der Waals surface area (Å²) in [5.74, 6) is -0.301. The summed E-state index contributed by atoms with van der Waals surface area (Å²) < 4.78 is 16.6. The van der Waals surface area contributed by atoms with Crippen molar-refractivity contribution in [3.63, 3.8) is 0 Å². The van der Waals surface area contributed by atoms with Crippen molar-refractivity contribution in [3.8, 4) is 11.4 Å². The van der Waals surface area contributed by atoms with Crippen LogP contribution in [0.3, 0.4) is 0 Å². The molecule has 6 nitrogen and oxygen atoms in total.